The van der Waals surface area contributed by atoms with E-state index in [4.69, 9.17) is 21.8 Å². The summed E-state index contributed by atoms with van der Waals surface area (Å²) in [6.07, 6.45) is 7.02. The Kier molecular flexibility index (Phi) is 5.86. The Morgan fingerprint density at radius 1 is 1.10 bits per heavy atom. The molecular weight excluding hydrogens is 408 g/mol. The fourth-order valence-electron chi connectivity index (χ4n) is 3.66. The molecule has 3 heterocycles. The van der Waals surface area contributed by atoms with Crippen molar-refractivity contribution >= 4 is 17.4 Å². The van der Waals surface area contributed by atoms with Gasteiger partial charge in [0.15, 0.2) is 0 Å². The molecule has 0 amide bonds. The number of benzene rings is 1. The normalized spacial score (nSPS) is 14.5. The molecule has 4 rings (SSSR count). The van der Waals surface area contributed by atoms with Crippen molar-refractivity contribution in [1.29, 1.82) is 5.26 Å². The van der Waals surface area contributed by atoms with E-state index in [1.807, 2.05) is 0 Å². The first-order chi connectivity index (χ1) is 14.6. The summed E-state index contributed by atoms with van der Waals surface area (Å²) in [6, 6.07) is 7.29. The van der Waals surface area contributed by atoms with E-state index in [-0.39, 0.29) is 11.3 Å². The molecule has 0 radical (unpaired) electrons. The number of nitrogens with zero attached hydrogens (tertiary/aromatic N) is 5. The molecule has 2 aromatic heterocycles. The van der Waals surface area contributed by atoms with Gasteiger partial charge in [-0.3, -0.25) is 4.98 Å². The number of piperidine rings is 1. The molecule has 8 heteroatoms. The minimum atomic E-state index is -0.721. The van der Waals surface area contributed by atoms with Gasteiger partial charge in [0.25, 0.3) is 0 Å². The molecule has 0 aliphatic carbocycles. The van der Waals surface area contributed by atoms with E-state index in [1.54, 1.807) is 18.5 Å². The van der Waals surface area contributed by atoms with Gasteiger partial charge in [0.05, 0.1) is 23.0 Å². The molecule has 0 bridgehead atoms. The standard InChI is InChI=1S/C22H18ClF2N5/c23-18-12-27-8-4-16(18)22-21(17-2-1-15(24)11-19(17)25)28-13-20(29-22)30-9-5-14(3-7-26)6-10-30/h1-2,4,8,11-14H,3,5-6,9-10H2. The fraction of sp³-hybridized carbons (Fsp3) is 0.273. The lowest BCUT2D eigenvalue weighted by molar-refractivity contribution is 0.411. The highest BCUT2D eigenvalue weighted by Crippen LogP contribution is 2.36. The number of aromatic nitrogens is 3. The molecule has 5 nitrogen and oxygen atoms in total. The van der Waals surface area contributed by atoms with Crippen molar-refractivity contribution in [2.75, 3.05) is 18.0 Å². The van der Waals surface area contributed by atoms with E-state index in [2.05, 4.69) is 20.9 Å². The number of halogens is 3. The molecule has 1 aromatic carbocycles. The smallest absolute Gasteiger partial charge is 0.147 e. The van der Waals surface area contributed by atoms with Gasteiger partial charge in [-0.05, 0) is 37.0 Å². The molecule has 152 valence electrons. The molecule has 1 aliphatic heterocycles. The van der Waals surface area contributed by atoms with Crippen molar-refractivity contribution in [3.63, 3.8) is 0 Å². The van der Waals surface area contributed by atoms with Gasteiger partial charge >= 0.3 is 0 Å². The lowest BCUT2D eigenvalue weighted by atomic mass is 9.94. The summed E-state index contributed by atoms with van der Waals surface area (Å²) in [5, 5.41) is 9.27. The van der Waals surface area contributed by atoms with Crippen LogP contribution in [0.3, 0.4) is 0 Å². The molecule has 0 spiro atoms. The Morgan fingerprint density at radius 2 is 1.90 bits per heavy atom. The fourth-order valence-corrected chi connectivity index (χ4v) is 3.87. The second kappa shape index (κ2) is 8.72. The Morgan fingerprint density at radius 3 is 2.60 bits per heavy atom. The summed E-state index contributed by atoms with van der Waals surface area (Å²) in [5.74, 6) is -0.342. The third-order valence-corrected chi connectivity index (χ3v) is 5.59. The maximum Gasteiger partial charge on any atom is 0.147 e. The van der Waals surface area contributed by atoms with Crippen molar-refractivity contribution in [2.45, 2.75) is 19.3 Å². The summed E-state index contributed by atoms with van der Waals surface area (Å²) in [5.41, 5.74) is 1.40. The number of nitriles is 1. The number of anilines is 1. The summed E-state index contributed by atoms with van der Waals surface area (Å²) < 4.78 is 27.9. The third-order valence-electron chi connectivity index (χ3n) is 5.29. The van der Waals surface area contributed by atoms with Crippen molar-refractivity contribution in [1.82, 2.24) is 15.0 Å². The van der Waals surface area contributed by atoms with Gasteiger partial charge in [0.1, 0.15) is 23.1 Å². The SMILES string of the molecule is N#CCC1CCN(c2cnc(-c3ccc(F)cc3F)c(-c3ccncc3Cl)n2)CC1. The van der Waals surface area contributed by atoms with E-state index in [9.17, 15) is 8.78 Å². The van der Waals surface area contributed by atoms with Crippen LogP contribution in [-0.2, 0) is 0 Å². The molecule has 0 atom stereocenters. The second-order valence-electron chi connectivity index (χ2n) is 7.20. The molecule has 0 unspecified atom stereocenters. The molecule has 1 saturated heterocycles. The van der Waals surface area contributed by atoms with E-state index in [0.29, 0.717) is 34.4 Å². The quantitative estimate of drug-likeness (QED) is 0.569. The van der Waals surface area contributed by atoms with Gasteiger partial charge in [-0.15, -0.1) is 0 Å². The number of hydrogen-bond acceptors (Lipinski definition) is 5. The lowest BCUT2D eigenvalue weighted by Crippen LogP contribution is -2.34. The first-order valence-corrected chi connectivity index (χ1v) is 9.99. The summed E-state index contributed by atoms with van der Waals surface area (Å²) in [4.78, 5) is 15.4. The largest absolute Gasteiger partial charge is 0.355 e. The molecular formula is C22H18ClF2N5. The van der Waals surface area contributed by atoms with Crippen LogP contribution < -0.4 is 4.90 Å². The molecule has 0 N–H and O–H groups in total. The zero-order valence-corrected chi connectivity index (χ0v) is 16.8. The van der Waals surface area contributed by atoms with Crippen LogP contribution in [0.15, 0.2) is 42.9 Å². The first kappa shape index (κ1) is 20.2. The van der Waals surface area contributed by atoms with Crippen molar-refractivity contribution in [3.05, 3.63) is 59.5 Å². The average molecular weight is 426 g/mol. The van der Waals surface area contributed by atoms with Crippen LogP contribution in [0, 0.1) is 28.9 Å². The predicted octanol–water partition coefficient (Wildman–Crippen LogP) is 5.27. The van der Waals surface area contributed by atoms with Crippen LogP contribution in [0.4, 0.5) is 14.6 Å². The van der Waals surface area contributed by atoms with Crippen LogP contribution in [0.5, 0.6) is 0 Å². The van der Waals surface area contributed by atoms with Crippen LogP contribution in [0.2, 0.25) is 5.02 Å². The van der Waals surface area contributed by atoms with Gasteiger partial charge in [-0.1, -0.05) is 11.6 Å². The lowest BCUT2D eigenvalue weighted by Gasteiger charge is -2.32. The van der Waals surface area contributed by atoms with E-state index in [1.165, 1.54) is 18.3 Å². The molecule has 3 aromatic rings. The molecule has 30 heavy (non-hydrogen) atoms. The topological polar surface area (TPSA) is 65.7 Å². The predicted molar refractivity (Wildman–Crippen MR) is 111 cm³/mol. The van der Waals surface area contributed by atoms with E-state index < -0.39 is 11.6 Å². The Hall–Kier alpha value is -3.11. The zero-order valence-electron chi connectivity index (χ0n) is 16.0. The first-order valence-electron chi connectivity index (χ1n) is 9.61. The number of rotatable bonds is 4. The average Bonchev–Trinajstić information content (AvgIpc) is 2.75. The van der Waals surface area contributed by atoms with Crippen LogP contribution >= 0.6 is 11.6 Å². The maximum atomic E-state index is 14.5. The Bertz CT molecular complexity index is 1110. The van der Waals surface area contributed by atoms with Crippen LogP contribution in [0.1, 0.15) is 19.3 Å². The van der Waals surface area contributed by atoms with Gasteiger partial charge in [0, 0.05) is 49.1 Å². The summed E-state index contributed by atoms with van der Waals surface area (Å²) in [7, 11) is 0. The zero-order chi connectivity index (χ0) is 21.1. The van der Waals surface area contributed by atoms with Crippen LogP contribution in [0.25, 0.3) is 22.5 Å². The molecule has 1 aliphatic rings. The van der Waals surface area contributed by atoms with Gasteiger partial charge in [0.2, 0.25) is 0 Å². The Balaban J connectivity index is 1.77. The summed E-state index contributed by atoms with van der Waals surface area (Å²) >= 11 is 6.35. The van der Waals surface area contributed by atoms with E-state index >= 15 is 0 Å². The van der Waals surface area contributed by atoms with E-state index in [0.717, 1.165) is 32.0 Å². The Labute approximate surface area is 178 Å². The van der Waals surface area contributed by atoms with Gasteiger partial charge in [-0.25, -0.2) is 18.7 Å². The minimum Gasteiger partial charge on any atom is -0.355 e. The second-order valence-corrected chi connectivity index (χ2v) is 7.60. The highest BCUT2D eigenvalue weighted by molar-refractivity contribution is 6.33. The molecule has 0 saturated carbocycles. The summed E-state index contributed by atoms with van der Waals surface area (Å²) in [6.45, 7) is 1.52. The number of hydrogen-bond donors (Lipinski definition) is 0. The maximum absolute atomic E-state index is 14.5. The van der Waals surface area contributed by atoms with Gasteiger partial charge in [-0.2, -0.15) is 5.26 Å². The van der Waals surface area contributed by atoms with Crippen molar-refractivity contribution in [3.8, 4) is 28.6 Å². The minimum absolute atomic E-state index is 0.144. The monoisotopic (exact) mass is 425 g/mol. The van der Waals surface area contributed by atoms with Crippen molar-refractivity contribution < 1.29 is 8.78 Å². The molecule has 1 fully saturated rings. The van der Waals surface area contributed by atoms with Crippen LogP contribution in [-0.4, -0.2) is 28.0 Å². The highest BCUT2D eigenvalue weighted by Gasteiger charge is 2.23. The third kappa shape index (κ3) is 4.10. The van der Waals surface area contributed by atoms with Crippen molar-refractivity contribution in [2.24, 2.45) is 5.92 Å². The number of pyridine rings is 1. The van der Waals surface area contributed by atoms with Gasteiger partial charge < -0.3 is 4.90 Å². The highest BCUT2D eigenvalue weighted by atomic mass is 35.5.